The van der Waals surface area contributed by atoms with Crippen LogP contribution in [0.1, 0.15) is 11.1 Å². The molecule has 0 saturated heterocycles. The van der Waals surface area contributed by atoms with E-state index in [9.17, 15) is 4.79 Å². The van der Waals surface area contributed by atoms with Crippen LogP contribution >= 0.6 is 0 Å². The molecule has 0 spiro atoms. The molecule has 20 heavy (non-hydrogen) atoms. The summed E-state index contributed by atoms with van der Waals surface area (Å²) in [4.78, 5) is 11.9. The van der Waals surface area contributed by atoms with Crippen molar-refractivity contribution in [1.29, 1.82) is 0 Å². The van der Waals surface area contributed by atoms with Crippen LogP contribution in [0.25, 0.3) is 0 Å². The van der Waals surface area contributed by atoms with E-state index in [2.05, 4.69) is 16.7 Å². The molecule has 0 aliphatic heterocycles. The summed E-state index contributed by atoms with van der Waals surface area (Å²) in [6.07, 6.45) is 0. The van der Waals surface area contributed by atoms with Crippen molar-refractivity contribution >= 4 is 17.4 Å². The Morgan fingerprint density at radius 3 is 2.25 bits per heavy atom. The van der Waals surface area contributed by atoms with Crippen molar-refractivity contribution in [3.8, 4) is 5.75 Å². The molecule has 0 atom stereocenters. The van der Waals surface area contributed by atoms with Gasteiger partial charge in [0.25, 0.3) is 0 Å². The molecule has 4 nitrogen and oxygen atoms in total. The fourth-order valence-electron chi connectivity index (χ4n) is 2.04. The molecule has 0 unspecified atom stereocenters. The third-order valence-corrected chi connectivity index (χ3v) is 2.81. The van der Waals surface area contributed by atoms with Crippen molar-refractivity contribution < 1.29 is 9.53 Å². The average Bonchev–Trinajstić information content (AvgIpc) is 2.37. The van der Waals surface area contributed by atoms with Crippen LogP contribution in [-0.4, -0.2) is 13.1 Å². The number of aryl methyl sites for hydroxylation is 2. The molecule has 2 aromatic carbocycles. The van der Waals surface area contributed by atoms with E-state index in [1.54, 1.807) is 13.2 Å². The van der Waals surface area contributed by atoms with Crippen molar-refractivity contribution in [2.24, 2.45) is 0 Å². The molecule has 2 N–H and O–H groups in total. The zero-order valence-electron chi connectivity index (χ0n) is 11.9. The molecule has 0 radical (unpaired) electrons. The van der Waals surface area contributed by atoms with Gasteiger partial charge in [0.2, 0.25) is 0 Å². The van der Waals surface area contributed by atoms with Gasteiger partial charge in [0.1, 0.15) is 5.75 Å². The molecule has 2 aromatic rings. The van der Waals surface area contributed by atoms with Crippen molar-refractivity contribution in [1.82, 2.24) is 0 Å². The second-order valence-electron chi connectivity index (χ2n) is 4.69. The van der Waals surface area contributed by atoms with Crippen molar-refractivity contribution in [3.63, 3.8) is 0 Å². The van der Waals surface area contributed by atoms with Crippen LogP contribution in [0.15, 0.2) is 42.5 Å². The monoisotopic (exact) mass is 270 g/mol. The highest BCUT2D eigenvalue weighted by Crippen LogP contribution is 2.18. The Kier molecular flexibility index (Phi) is 4.25. The lowest BCUT2D eigenvalue weighted by Gasteiger charge is -2.10. The van der Waals surface area contributed by atoms with Crippen LogP contribution in [0.3, 0.4) is 0 Å². The normalized spacial score (nSPS) is 9.95. The fourth-order valence-corrected chi connectivity index (χ4v) is 2.04. The first-order valence-corrected chi connectivity index (χ1v) is 6.37. The van der Waals surface area contributed by atoms with E-state index in [1.165, 1.54) is 0 Å². The summed E-state index contributed by atoms with van der Waals surface area (Å²) in [5.41, 5.74) is 3.69. The Balaban J connectivity index is 2.04. The van der Waals surface area contributed by atoms with Gasteiger partial charge in [-0.15, -0.1) is 0 Å². The summed E-state index contributed by atoms with van der Waals surface area (Å²) in [7, 11) is 1.59. The highest BCUT2D eigenvalue weighted by atomic mass is 16.5. The maximum Gasteiger partial charge on any atom is 0.323 e. The summed E-state index contributed by atoms with van der Waals surface area (Å²) in [6, 6.07) is 12.9. The number of amides is 2. The maximum atomic E-state index is 11.9. The number of urea groups is 1. The Hall–Kier alpha value is -2.49. The first-order valence-electron chi connectivity index (χ1n) is 6.37. The second-order valence-corrected chi connectivity index (χ2v) is 4.69. The minimum absolute atomic E-state index is 0.275. The summed E-state index contributed by atoms with van der Waals surface area (Å²) in [6.45, 7) is 4.00. The summed E-state index contributed by atoms with van der Waals surface area (Å²) in [5, 5.41) is 5.59. The maximum absolute atomic E-state index is 11.9. The van der Waals surface area contributed by atoms with Gasteiger partial charge in [-0.1, -0.05) is 12.1 Å². The first kappa shape index (κ1) is 13.9. The van der Waals surface area contributed by atoms with Crippen LogP contribution < -0.4 is 15.4 Å². The third kappa shape index (κ3) is 3.75. The molecule has 2 amide bonds. The topological polar surface area (TPSA) is 50.4 Å². The van der Waals surface area contributed by atoms with Crippen molar-refractivity contribution in [3.05, 3.63) is 53.6 Å². The Morgan fingerprint density at radius 2 is 1.60 bits per heavy atom. The quantitative estimate of drug-likeness (QED) is 0.887. The van der Waals surface area contributed by atoms with Gasteiger partial charge in [0.05, 0.1) is 7.11 Å². The van der Waals surface area contributed by atoms with Crippen molar-refractivity contribution in [2.45, 2.75) is 13.8 Å². The molecule has 0 fully saturated rings. The molecule has 104 valence electrons. The van der Waals surface area contributed by atoms with Gasteiger partial charge in [-0.05, 0) is 49.2 Å². The van der Waals surface area contributed by atoms with Gasteiger partial charge in [-0.3, -0.25) is 0 Å². The molecule has 0 saturated carbocycles. The molecule has 4 heteroatoms. The minimum Gasteiger partial charge on any atom is -0.497 e. The van der Waals surface area contributed by atoms with E-state index in [1.807, 2.05) is 44.2 Å². The van der Waals surface area contributed by atoms with E-state index in [-0.39, 0.29) is 6.03 Å². The number of ether oxygens (including phenoxy) is 1. The molecule has 0 aromatic heterocycles. The molecular weight excluding hydrogens is 252 g/mol. The number of hydrogen-bond donors (Lipinski definition) is 2. The van der Waals surface area contributed by atoms with Crippen LogP contribution in [0.2, 0.25) is 0 Å². The number of hydrogen-bond acceptors (Lipinski definition) is 2. The van der Waals surface area contributed by atoms with Crippen LogP contribution in [0.4, 0.5) is 16.2 Å². The smallest absolute Gasteiger partial charge is 0.323 e. The van der Waals surface area contributed by atoms with Crippen LogP contribution in [-0.2, 0) is 0 Å². The zero-order valence-corrected chi connectivity index (χ0v) is 11.9. The van der Waals surface area contributed by atoms with Gasteiger partial charge in [-0.25, -0.2) is 4.79 Å². The van der Waals surface area contributed by atoms with E-state index >= 15 is 0 Å². The molecule has 0 aliphatic carbocycles. The number of carbonyl (C=O) groups excluding carboxylic acids is 1. The second kappa shape index (κ2) is 6.10. The van der Waals surface area contributed by atoms with Gasteiger partial charge < -0.3 is 15.4 Å². The molecule has 0 aliphatic rings. The largest absolute Gasteiger partial charge is 0.497 e. The Labute approximate surface area is 118 Å². The van der Waals surface area contributed by atoms with E-state index in [0.29, 0.717) is 11.4 Å². The Morgan fingerprint density at radius 1 is 0.950 bits per heavy atom. The lowest BCUT2D eigenvalue weighted by Crippen LogP contribution is -2.19. The van der Waals surface area contributed by atoms with E-state index < -0.39 is 0 Å². The lowest BCUT2D eigenvalue weighted by atomic mass is 10.1. The predicted molar refractivity (Wildman–Crippen MR) is 81.6 cm³/mol. The van der Waals surface area contributed by atoms with Crippen molar-refractivity contribution in [2.75, 3.05) is 17.7 Å². The van der Waals surface area contributed by atoms with Gasteiger partial charge in [0, 0.05) is 17.4 Å². The van der Waals surface area contributed by atoms with Gasteiger partial charge in [0.15, 0.2) is 0 Å². The highest BCUT2D eigenvalue weighted by molar-refractivity contribution is 5.99. The lowest BCUT2D eigenvalue weighted by molar-refractivity contribution is 0.262. The minimum atomic E-state index is -0.275. The van der Waals surface area contributed by atoms with E-state index in [4.69, 9.17) is 4.74 Å². The first-order chi connectivity index (χ1) is 9.56. The van der Waals surface area contributed by atoms with Crippen LogP contribution in [0.5, 0.6) is 5.75 Å². The highest BCUT2D eigenvalue weighted by Gasteiger charge is 2.04. The molecule has 0 heterocycles. The van der Waals surface area contributed by atoms with E-state index in [0.717, 1.165) is 16.8 Å². The summed E-state index contributed by atoms with van der Waals surface area (Å²) >= 11 is 0. The summed E-state index contributed by atoms with van der Waals surface area (Å²) in [5.74, 6) is 0.703. The number of rotatable bonds is 3. The summed E-state index contributed by atoms with van der Waals surface area (Å²) < 4.78 is 5.11. The average molecular weight is 270 g/mol. The number of benzene rings is 2. The molecule has 0 bridgehead atoms. The molecular formula is C16H18N2O2. The predicted octanol–water partition coefficient (Wildman–Crippen LogP) is 3.96. The SMILES string of the molecule is COc1cccc(NC(=O)Nc2cc(C)cc(C)c2)c1. The molecule has 2 rings (SSSR count). The Bertz CT molecular complexity index is 603. The van der Waals surface area contributed by atoms with Gasteiger partial charge in [-0.2, -0.15) is 0 Å². The number of nitrogens with one attached hydrogen (secondary N) is 2. The zero-order chi connectivity index (χ0) is 14.5. The number of carbonyl (C=O) groups is 1. The van der Waals surface area contributed by atoms with Crippen LogP contribution in [0, 0.1) is 13.8 Å². The number of anilines is 2. The number of methoxy groups -OCH3 is 1. The fraction of sp³-hybridized carbons (Fsp3) is 0.188. The third-order valence-electron chi connectivity index (χ3n) is 2.81. The van der Waals surface area contributed by atoms with Gasteiger partial charge >= 0.3 is 6.03 Å². The standard InChI is InChI=1S/C16H18N2O2/c1-11-7-12(2)9-14(8-11)18-16(19)17-13-5-4-6-15(10-13)20-3/h4-10H,1-3H3,(H2,17,18,19).